The SMILES string of the molecule is COC(=O)[C@]12C(=O)c3ccccc3O[C@H]1CC(O[Si](C)(C)C(C)(C)C)=CC2OC. The fourth-order valence-electron chi connectivity index (χ4n) is 3.76. The Morgan fingerprint density at radius 2 is 1.86 bits per heavy atom. The van der Waals surface area contributed by atoms with E-state index in [4.69, 9.17) is 18.6 Å². The molecule has 158 valence electrons. The molecule has 1 aromatic rings. The molecule has 3 rings (SSSR count). The highest BCUT2D eigenvalue weighted by molar-refractivity contribution is 6.74. The molecule has 1 aliphatic heterocycles. The van der Waals surface area contributed by atoms with Crippen molar-refractivity contribution in [2.75, 3.05) is 14.2 Å². The number of Topliss-reactive ketones (excluding diaryl/α,β-unsaturated/α-hetero) is 1. The lowest BCUT2D eigenvalue weighted by molar-refractivity contribution is -0.165. The number of rotatable bonds is 4. The number of carbonyl (C=O) groups is 2. The first-order valence-electron chi connectivity index (χ1n) is 9.80. The van der Waals surface area contributed by atoms with Crippen LogP contribution in [0.25, 0.3) is 0 Å². The van der Waals surface area contributed by atoms with Crippen molar-refractivity contribution in [2.24, 2.45) is 5.41 Å². The Labute approximate surface area is 173 Å². The first-order valence-corrected chi connectivity index (χ1v) is 12.7. The van der Waals surface area contributed by atoms with Gasteiger partial charge in [-0.05, 0) is 36.3 Å². The molecule has 3 atom stereocenters. The predicted molar refractivity (Wildman–Crippen MR) is 111 cm³/mol. The van der Waals surface area contributed by atoms with Gasteiger partial charge in [0.2, 0.25) is 8.32 Å². The van der Waals surface area contributed by atoms with Crippen molar-refractivity contribution in [3.8, 4) is 5.75 Å². The second kappa shape index (κ2) is 7.29. The Hall–Kier alpha value is -2.12. The molecule has 0 saturated carbocycles. The second-order valence-corrected chi connectivity index (χ2v) is 13.9. The lowest BCUT2D eigenvalue weighted by Crippen LogP contribution is -2.63. The maximum absolute atomic E-state index is 13.6. The van der Waals surface area contributed by atoms with E-state index in [1.807, 2.05) is 0 Å². The number of methoxy groups -OCH3 is 2. The summed E-state index contributed by atoms with van der Waals surface area (Å²) in [5.74, 6) is 0.160. The van der Waals surface area contributed by atoms with E-state index in [2.05, 4.69) is 33.9 Å². The molecule has 29 heavy (non-hydrogen) atoms. The number of para-hydroxylation sites is 1. The van der Waals surface area contributed by atoms with Crippen LogP contribution in [-0.4, -0.2) is 46.5 Å². The van der Waals surface area contributed by atoms with Gasteiger partial charge >= 0.3 is 5.97 Å². The van der Waals surface area contributed by atoms with Crippen LogP contribution in [0.4, 0.5) is 0 Å². The van der Waals surface area contributed by atoms with Crippen molar-refractivity contribution in [3.63, 3.8) is 0 Å². The monoisotopic (exact) mass is 418 g/mol. The number of ketones is 1. The normalized spacial score (nSPS) is 26.6. The van der Waals surface area contributed by atoms with E-state index in [1.54, 1.807) is 30.3 Å². The summed E-state index contributed by atoms with van der Waals surface area (Å²) >= 11 is 0. The van der Waals surface area contributed by atoms with Gasteiger partial charge in [-0.15, -0.1) is 0 Å². The Kier molecular flexibility index (Phi) is 5.42. The predicted octanol–water partition coefficient (Wildman–Crippen LogP) is 4.11. The summed E-state index contributed by atoms with van der Waals surface area (Å²) in [5, 5.41) is 0.00311. The van der Waals surface area contributed by atoms with E-state index in [0.717, 1.165) is 0 Å². The Bertz CT molecular complexity index is 853. The van der Waals surface area contributed by atoms with Gasteiger partial charge in [0.05, 0.1) is 18.4 Å². The number of esters is 1. The molecular weight excluding hydrogens is 388 g/mol. The van der Waals surface area contributed by atoms with Crippen molar-refractivity contribution < 1.29 is 28.2 Å². The van der Waals surface area contributed by atoms with Gasteiger partial charge in [-0.2, -0.15) is 0 Å². The van der Waals surface area contributed by atoms with Gasteiger partial charge in [0, 0.05) is 13.5 Å². The van der Waals surface area contributed by atoms with E-state index in [0.29, 0.717) is 23.5 Å². The molecule has 7 heteroatoms. The molecule has 1 unspecified atom stereocenters. The molecule has 0 radical (unpaired) electrons. The number of hydrogen-bond donors (Lipinski definition) is 0. The fraction of sp³-hybridized carbons (Fsp3) is 0.545. The summed E-state index contributed by atoms with van der Waals surface area (Å²) in [6.45, 7) is 10.8. The first-order chi connectivity index (χ1) is 13.5. The highest BCUT2D eigenvalue weighted by atomic mass is 28.4. The van der Waals surface area contributed by atoms with Crippen LogP contribution in [0, 0.1) is 5.41 Å². The zero-order valence-electron chi connectivity index (χ0n) is 18.2. The van der Waals surface area contributed by atoms with Crippen molar-refractivity contribution in [2.45, 2.75) is 57.5 Å². The summed E-state index contributed by atoms with van der Waals surface area (Å²) in [7, 11) is 0.636. The molecule has 0 N–H and O–H groups in total. The smallest absolute Gasteiger partial charge is 0.326 e. The number of ether oxygens (including phenoxy) is 3. The summed E-state index contributed by atoms with van der Waals surface area (Å²) in [6.07, 6.45) is 0.423. The average molecular weight is 419 g/mol. The topological polar surface area (TPSA) is 71.1 Å². The van der Waals surface area contributed by atoms with E-state index in [9.17, 15) is 9.59 Å². The molecule has 1 aromatic carbocycles. The van der Waals surface area contributed by atoms with Crippen LogP contribution in [0.3, 0.4) is 0 Å². The van der Waals surface area contributed by atoms with Crippen LogP contribution >= 0.6 is 0 Å². The third-order valence-corrected chi connectivity index (χ3v) is 10.8. The minimum atomic E-state index is -2.12. The maximum Gasteiger partial charge on any atom is 0.326 e. The molecule has 0 spiro atoms. The first kappa shape index (κ1) is 21.6. The van der Waals surface area contributed by atoms with Gasteiger partial charge in [0.1, 0.15) is 18.0 Å². The molecular formula is C22H30O6Si. The highest BCUT2D eigenvalue weighted by Crippen LogP contribution is 2.49. The molecule has 0 bridgehead atoms. The number of benzene rings is 1. The quantitative estimate of drug-likeness (QED) is 0.416. The summed E-state index contributed by atoms with van der Waals surface area (Å²) < 4.78 is 23.4. The lowest BCUT2D eigenvalue weighted by Gasteiger charge is -2.47. The Balaban J connectivity index is 2.11. The average Bonchev–Trinajstić information content (AvgIpc) is 2.65. The standard InChI is InChI=1S/C22H30O6Si/c1-21(2,3)29(6,7)28-14-12-17(25-4)22(20(24)26-5)18(13-14)27-16-11-9-8-10-15(16)19(22)23/h8-12,17-18H,13H2,1-7H3/t17?,18-,22-/m0/s1. The maximum atomic E-state index is 13.6. The molecule has 0 saturated heterocycles. The van der Waals surface area contributed by atoms with Crippen LogP contribution in [0.15, 0.2) is 36.1 Å². The van der Waals surface area contributed by atoms with Gasteiger partial charge in [-0.1, -0.05) is 32.9 Å². The van der Waals surface area contributed by atoms with Gasteiger partial charge < -0.3 is 18.6 Å². The molecule has 0 fully saturated rings. The number of carbonyl (C=O) groups excluding carboxylic acids is 2. The molecule has 1 aliphatic carbocycles. The third kappa shape index (κ3) is 3.30. The highest BCUT2D eigenvalue weighted by Gasteiger charge is 2.64. The number of fused-ring (bicyclic) bond motifs is 2. The van der Waals surface area contributed by atoms with Crippen molar-refractivity contribution in [1.82, 2.24) is 0 Å². The van der Waals surface area contributed by atoms with E-state index in [1.165, 1.54) is 14.2 Å². The van der Waals surface area contributed by atoms with E-state index in [-0.39, 0.29) is 10.8 Å². The zero-order chi connectivity index (χ0) is 21.6. The van der Waals surface area contributed by atoms with Gasteiger partial charge in [0.25, 0.3) is 0 Å². The van der Waals surface area contributed by atoms with Gasteiger partial charge in [-0.25, -0.2) is 0 Å². The molecule has 6 nitrogen and oxygen atoms in total. The zero-order valence-corrected chi connectivity index (χ0v) is 19.2. The van der Waals surface area contributed by atoms with Gasteiger partial charge in [-0.3, -0.25) is 9.59 Å². The van der Waals surface area contributed by atoms with Crippen molar-refractivity contribution >= 4 is 20.1 Å². The van der Waals surface area contributed by atoms with Crippen LogP contribution in [-0.2, 0) is 18.7 Å². The Morgan fingerprint density at radius 3 is 2.45 bits per heavy atom. The van der Waals surface area contributed by atoms with Crippen molar-refractivity contribution in [3.05, 3.63) is 41.7 Å². The Morgan fingerprint density at radius 1 is 1.21 bits per heavy atom. The largest absolute Gasteiger partial charge is 0.547 e. The molecule has 0 amide bonds. The fourth-order valence-corrected chi connectivity index (χ4v) is 4.87. The molecule has 0 aromatic heterocycles. The van der Waals surface area contributed by atoms with E-state index < -0.39 is 31.9 Å². The summed E-state index contributed by atoms with van der Waals surface area (Å²) in [6, 6.07) is 6.95. The minimum absolute atomic E-state index is 0.00311. The summed E-state index contributed by atoms with van der Waals surface area (Å²) in [5.41, 5.74) is -1.24. The number of hydrogen-bond acceptors (Lipinski definition) is 6. The van der Waals surface area contributed by atoms with E-state index >= 15 is 0 Å². The molecule has 1 heterocycles. The lowest BCUT2D eigenvalue weighted by atomic mass is 9.65. The van der Waals surface area contributed by atoms with Crippen LogP contribution in [0.5, 0.6) is 5.75 Å². The van der Waals surface area contributed by atoms with Crippen LogP contribution in [0.2, 0.25) is 18.1 Å². The third-order valence-electron chi connectivity index (χ3n) is 6.43. The summed E-state index contributed by atoms with van der Waals surface area (Å²) in [4.78, 5) is 26.6. The minimum Gasteiger partial charge on any atom is -0.547 e. The molecule has 2 aliphatic rings. The van der Waals surface area contributed by atoms with Crippen molar-refractivity contribution in [1.29, 1.82) is 0 Å². The second-order valence-electron chi connectivity index (χ2n) is 9.15. The van der Waals surface area contributed by atoms with Crippen LogP contribution in [0.1, 0.15) is 37.6 Å². The van der Waals surface area contributed by atoms with Gasteiger partial charge in [0.15, 0.2) is 11.2 Å². The van der Waals surface area contributed by atoms with Crippen LogP contribution < -0.4 is 4.74 Å².